The molecular formula is C14H13FN2O2S. The van der Waals surface area contributed by atoms with Crippen molar-refractivity contribution in [2.75, 3.05) is 6.54 Å². The Kier molecular flexibility index (Phi) is 4.70. The number of halogens is 1. The second-order valence-electron chi connectivity index (χ2n) is 4.14. The molecule has 0 bridgehead atoms. The summed E-state index contributed by atoms with van der Waals surface area (Å²) in [5, 5.41) is 10.8. The lowest BCUT2D eigenvalue weighted by molar-refractivity contribution is -0.385. The predicted molar refractivity (Wildman–Crippen MR) is 76.4 cm³/mol. The predicted octanol–water partition coefficient (Wildman–Crippen LogP) is 3.39. The molecule has 2 aromatic carbocycles. The fourth-order valence-corrected chi connectivity index (χ4v) is 2.71. The van der Waals surface area contributed by atoms with Crippen LogP contribution in [-0.2, 0) is 6.42 Å². The van der Waals surface area contributed by atoms with E-state index in [4.69, 9.17) is 5.73 Å². The Hall–Kier alpha value is -1.92. The molecule has 0 atom stereocenters. The molecule has 2 N–H and O–H groups in total. The Labute approximate surface area is 119 Å². The summed E-state index contributed by atoms with van der Waals surface area (Å²) in [5.41, 5.74) is 6.42. The van der Waals surface area contributed by atoms with Crippen LogP contribution in [0.4, 0.5) is 10.1 Å². The summed E-state index contributed by atoms with van der Waals surface area (Å²) in [4.78, 5) is 12.1. The van der Waals surface area contributed by atoms with E-state index < -0.39 is 4.92 Å². The Morgan fingerprint density at radius 1 is 1.20 bits per heavy atom. The Morgan fingerprint density at radius 2 is 1.90 bits per heavy atom. The highest BCUT2D eigenvalue weighted by Gasteiger charge is 2.11. The topological polar surface area (TPSA) is 69.2 Å². The third-order valence-electron chi connectivity index (χ3n) is 2.71. The van der Waals surface area contributed by atoms with Crippen molar-refractivity contribution in [3.63, 3.8) is 0 Å². The molecule has 0 spiro atoms. The third kappa shape index (κ3) is 3.55. The van der Waals surface area contributed by atoms with Crippen LogP contribution in [0.3, 0.4) is 0 Å². The fourth-order valence-electron chi connectivity index (χ4n) is 1.76. The van der Waals surface area contributed by atoms with Crippen LogP contribution in [-0.4, -0.2) is 11.5 Å². The molecule has 0 aliphatic carbocycles. The number of non-ortho nitro benzene ring substituents is 1. The van der Waals surface area contributed by atoms with Crippen LogP contribution < -0.4 is 5.73 Å². The molecule has 0 aromatic heterocycles. The van der Waals surface area contributed by atoms with Crippen molar-refractivity contribution < 1.29 is 9.31 Å². The van der Waals surface area contributed by atoms with Crippen LogP contribution in [0.15, 0.2) is 52.3 Å². The zero-order valence-corrected chi connectivity index (χ0v) is 11.4. The monoisotopic (exact) mass is 292 g/mol. The van der Waals surface area contributed by atoms with E-state index in [9.17, 15) is 14.5 Å². The number of nitro groups is 1. The molecule has 0 unspecified atom stereocenters. The second-order valence-corrected chi connectivity index (χ2v) is 5.26. The van der Waals surface area contributed by atoms with E-state index in [1.54, 1.807) is 24.3 Å². The lowest BCUT2D eigenvalue weighted by atomic mass is 10.1. The van der Waals surface area contributed by atoms with Gasteiger partial charge >= 0.3 is 0 Å². The van der Waals surface area contributed by atoms with E-state index in [1.165, 1.54) is 30.0 Å². The summed E-state index contributed by atoms with van der Waals surface area (Å²) < 4.78 is 12.9. The van der Waals surface area contributed by atoms with Gasteiger partial charge in [0.2, 0.25) is 0 Å². The zero-order chi connectivity index (χ0) is 14.5. The smallest absolute Gasteiger partial charge is 0.269 e. The molecule has 0 radical (unpaired) electrons. The number of hydrogen-bond donors (Lipinski definition) is 1. The van der Waals surface area contributed by atoms with Crippen molar-refractivity contribution in [1.82, 2.24) is 0 Å². The van der Waals surface area contributed by atoms with Gasteiger partial charge in [0.1, 0.15) is 5.82 Å². The van der Waals surface area contributed by atoms with Crippen molar-refractivity contribution in [1.29, 1.82) is 0 Å². The van der Waals surface area contributed by atoms with E-state index in [1.807, 2.05) is 0 Å². The molecule has 6 heteroatoms. The van der Waals surface area contributed by atoms with E-state index in [0.29, 0.717) is 13.0 Å². The number of nitrogens with zero attached hydrogens (tertiary/aromatic N) is 1. The Morgan fingerprint density at radius 3 is 2.50 bits per heavy atom. The first-order valence-electron chi connectivity index (χ1n) is 6.01. The summed E-state index contributed by atoms with van der Waals surface area (Å²) in [6.45, 7) is 0.415. The van der Waals surface area contributed by atoms with Crippen LogP contribution in [0.25, 0.3) is 0 Å². The molecule has 0 heterocycles. The van der Waals surface area contributed by atoms with E-state index in [-0.39, 0.29) is 11.5 Å². The number of nitro benzene ring substituents is 1. The number of hydrogen-bond acceptors (Lipinski definition) is 4. The average Bonchev–Trinajstić information content (AvgIpc) is 2.43. The Balaban J connectivity index is 2.30. The second kappa shape index (κ2) is 6.49. The molecule has 2 aromatic rings. The number of rotatable bonds is 5. The van der Waals surface area contributed by atoms with Crippen molar-refractivity contribution >= 4 is 17.4 Å². The van der Waals surface area contributed by atoms with E-state index >= 15 is 0 Å². The van der Waals surface area contributed by atoms with Crippen LogP contribution in [0, 0.1) is 15.9 Å². The van der Waals surface area contributed by atoms with Gasteiger partial charge < -0.3 is 5.73 Å². The maximum Gasteiger partial charge on any atom is 0.269 e. The number of benzene rings is 2. The summed E-state index contributed by atoms with van der Waals surface area (Å²) in [6.07, 6.45) is 0.561. The average molecular weight is 292 g/mol. The first-order chi connectivity index (χ1) is 9.60. The molecule has 0 amide bonds. The summed E-state index contributed by atoms with van der Waals surface area (Å²) in [5.74, 6) is -0.291. The van der Waals surface area contributed by atoms with Gasteiger partial charge in [-0.3, -0.25) is 10.1 Å². The first-order valence-corrected chi connectivity index (χ1v) is 6.82. The molecule has 0 saturated carbocycles. The van der Waals surface area contributed by atoms with E-state index in [2.05, 4.69) is 0 Å². The van der Waals surface area contributed by atoms with Gasteiger partial charge in [-0.2, -0.15) is 0 Å². The zero-order valence-electron chi connectivity index (χ0n) is 10.6. The van der Waals surface area contributed by atoms with Gasteiger partial charge in [0, 0.05) is 21.9 Å². The van der Waals surface area contributed by atoms with Gasteiger partial charge in [-0.25, -0.2) is 4.39 Å². The molecule has 0 fully saturated rings. The quantitative estimate of drug-likeness (QED) is 0.677. The highest BCUT2D eigenvalue weighted by atomic mass is 32.2. The highest BCUT2D eigenvalue weighted by Crippen LogP contribution is 2.32. The highest BCUT2D eigenvalue weighted by molar-refractivity contribution is 7.99. The van der Waals surface area contributed by atoms with Gasteiger partial charge in [-0.1, -0.05) is 11.8 Å². The molecule has 0 saturated heterocycles. The Bertz CT molecular complexity index is 617. The van der Waals surface area contributed by atoms with Crippen LogP contribution >= 0.6 is 11.8 Å². The first kappa shape index (κ1) is 14.5. The molecule has 104 valence electrons. The van der Waals surface area contributed by atoms with Crippen LogP contribution in [0.2, 0.25) is 0 Å². The van der Waals surface area contributed by atoms with Crippen molar-refractivity contribution in [2.45, 2.75) is 16.2 Å². The van der Waals surface area contributed by atoms with E-state index in [0.717, 1.165) is 15.4 Å². The lowest BCUT2D eigenvalue weighted by Crippen LogP contribution is -2.04. The molecule has 20 heavy (non-hydrogen) atoms. The van der Waals surface area contributed by atoms with Crippen LogP contribution in [0.5, 0.6) is 0 Å². The normalized spacial score (nSPS) is 10.5. The maximum absolute atomic E-state index is 12.9. The van der Waals surface area contributed by atoms with Crippen molar-refractivity contribution in [3.8, 4) is 0 Å². The summed E-state index contributed by atoms with van der Waals surface area (Å²) in [7, 11) is 0. The minimum atomic E-state index is -0.424. The number of nitrogens with two attached hydrogens (primary N) is 1. The van der Waals surface area contributed by atoms with Crippen LogP contribution in [0.1, 0.15) is 5.56 Å². The van der Waals surface area contributed by atoms with Gasteiger partial charge in [-0.15, -0.1) is 0 Å². The molecular weight excluding hydrogens is 279 g/mol. The molecule has 2 rings (SSSR count). The van der Waals surface area contributed by atoms with Gasteiger partial charge in [-0.05, 0) is 48.9 Å². The van der Waals surface area contributed by atoms with Gasteiger partial charge in [0.05, 0.1) is 4.92 Å². The SMILES string of the molecule is NCCc1cc([N+](=O)[O-])ccc1Sc1ccc(F)cc1. The minimum absolute atomic E-state index is 0.0527. The minimum Gasteiger partial charge on any atom is -0.330 e. The van der Waals surface area contributed by atoms with Crippen molar-refractivity contribution in [2.24, 2.45) is 5.73 Å². The largest absolute Gasteiger partial charge is 0.330 e. The third-order valence-corrected chi connectivity index (χ3v) is 3.84. The van der Waals surface area contributed by atoms with Gasteiger partial charge in [0.25, 0.3) is 5.69 Å². The lowest BCUT2D eigenvalue weighted by Gasteiger charge is -2.08. The summed E-state index contributed by atoms with van der Waals surface area (Å²) in [6, 6.07) is 10.8. The van der Waals surface area contributed by atoms with Gasteiger partial charge in [0.15, 0.2) is 0 Å². The fraction of sp³-hybridized carbons (Fsp3) is 0.143. The standard InChI is InChI=1S/C14H13FN2O2S/c15-11-1-4-13(5-2-11)20-14-6-3-12(17(18)19)9-10(14)7-8-16/h1-6,9H,7-8,16H2. The molecule has 0 aliphatic rings. The maximum atomic E-state index is 12.9. The molecule has 0 aliphatic heterocycles. The molecule has 4 nitrogen and oxygen atoms in total. The van der Waals surface area contributed by atoms with Crippen molar-refractivity contribution in [3.05, 3.63) is 64.0 Å². The summed E-state index contributed by atoms with van der Waals surface area (Å²) >= 11 is 1.44.